The van der Waals surface area contributed by atoms with E-state index in [0.29, 0.717) is 29.4 Å². The van der Waals surface area contributed by atoms with Gasteiger partial charge in [0.2, 0.25) is 5.88 Å². The zero-order valence-electron chi connectivity index (χ0n) is 25.0. The van der Waals surface area contributed by atoms with Crippen LogP contribution in [0.3, 0.4) is 0 Å². The van der Waals surface area contributed by atoms with Gasteiger partial charge in [0.05, 0.1) is 19.2 Å². The van der Waals surface area contributed by atoms with E-state index < -0.39 is 11.9 Å². The van der Waals surface area contributed by atoms with Crippen LogP contribution in [0.15, 0.2) is 48.7 Å². The third-order valence-electron chi connectivity index (χ3n) is 9.80. The SMILES string of the molecule is COc1cc(-c2ccc([C@H]3CCc4ccc([C@H](C5CC5)[C@H](C)C(=O)O)cc4O3)cc2CN2[C@H](C)CC[C@H]2C)c(F)cn1. The first-order valence-corrected chi connectivity index (χ1v) is 15.3. The Morgan fingerprint density at radius 3 is 2.52 bits per heavy atom. The van der Waals surface area contributed by atoms with Gasteiger partial charge >= 0.3 is 5.97 Å². The van der Waals surface area contributed by atoms with E-state index in [4.69, 9.17) is 9.47 Å². The van der Waals surface area contributed by atoms with Gasteiger partial charge in [0.25, 0.3) is 0 Å². The second-order valence-electron chi connectivity index (χ2n) is 12.6. The van der Waals surface area contributed by atoms with E-state index in [-0.39, 0.29) is 17.8 Å². The summed E-state index contributed by atoms with van der Waals surface area (Å²) in [4.78, 5) is 18.4. The van der Waals surface area contributed by atoms with Gasteiger partial charge < -0.3 is 14.6 Å². The van der Waals surface area contributed by atoms with Gasteiger partial charge in [-0.05, 0) is 98.1 Å². The minimum Gasteiger partial charge on any atom is -0.485 e. The number of halogens is 1. The van der Waals surface area contributed by atoms with E-state index in [9.17, 15) is 9.90 Å². The van der Waals surface area contributed by atoms with Crippen molar-refractivity contribution in [2.24, 2.45) is 11.8 Å². The topological polar surface area (TPSA) is 71.9 Å². The number of likely N-dealkylation sites (tertiary alicyclic amines) is 1. The molecule has 2 aliphatic heterocycles. The Hall–Kier alpha value is -3.45. The summed E-state index contributed by atoms with van der Waals surface area (Å²) >= 11 is 0. The Labute approximate surface area is 247 Å². The lowest BCUT2D eigenvalue weighted by Crippen LogP contribution is -2.32. The normalized spacial score (nSPS) is 23.6. The van der Waals surface area contributed by atoms with Crippen LogP contribution >= 0.6 is 0 Å². The molecule has 0 spiro atoms. The Bertz CT molecular complexity index is 1460. The van der Waals surface area contributed by atoms with Crippen LogP contribution in [0.4, 0.5) is 4.39 Å². The molecule has 6 nitrogen and oxygen atoms in total. The van der Waals surface area contributed by atoms with Crippen LogP contribution in [0.1, 0.15) is 87.2 Å². The quantitative estimate of drug-likeness (QED) is 0.285. The standard InChI is InChI=1S/C35H41FN2O4/c1-20-5-6-21(2)38(20)19-27-15-25(11-13-28(27)29-17-33(41-4)37-18-30(29)36)31-14-12-23-7-10-26(16-32(23)42-31)34(24-8-9-24)22(3)35(39)40/h7,10-11,13,15-18,20-22,24,31,34H,5-6,8-9,12,14,19H2,1-4H3,(H,39,40)/t20-,21-,22+,31-,34+/m1/s1. The minimum atomic E-state index is -0.749. The second kappa shape index (κ2) is 11.7. The highest BCUT2D eigenvalue weighted by atomic mass is 19.1. The molecule has 42 heavy (non-hydrogen) atoms. The van der Waals surface area contributed by atoms with Crippen LogP contribution in [0.2, 0.25) is 0 Å². The Kier molecular flexibility index (Phi) is 7.97. The number of hydrogen-bond acceptors (Lipinski definition) is 5. The largest absolute Gasteiger partial charge is 0.485 e. The predicted octanol–water partition coefficient (Wildman–Crippen LogP) is 7.55. The highest BCUT2D eigenvalue weighted by Crippen LogP contribution is 2.48. The number of benzene rings is 2. The van der Waals surface area contributed by atoms with Gasteiger partial charge in [-0.25, -0.2) is 9.37 Å². The van der Waals surface area contributed by atoms with E-state index in [0.717, 1.165) is 78.6 Å². The molecule has 3 aromatic rings. The summed E-state index contributed by atoms with van der Waals surface area (Å²) in [6, 6.07) is 15.2. The van der Waals surface area contributed by atoms with E-state index in [1.807, 2.05) is 13.0 Å². The Balaban J connectivity index is 1.33. The molecule has 1 saturated carbocycles. The van der Waals surface area contributed by atoms with Crippen molar-refractivity contribution in [2.45, 2.75) is 89.9 Å². The fraction of sp³-hybridized carbons (Fsp3) is 0.486. The molecule has 3 aliphatic rings. The molecule has 222 valence electrons. The van der Waals surface area contributed by atoms with Gasteiger partial charge in [-0.3, -0.25) is 9.69 Å². The zero-order valence-corrected chi connectivity index (χ0v) is 25.0. The molecule has 0 unspecified atom stereocenters. The molecule has 0 radical (unpaired) electrons. The van der Waals surface area contributed by atoms with E-state index in [1.54, 1.807) is 13.2 Å². The fourth-order valence-corrected chi connectivity index (χ4v) is 7.11. The minimum absolute atomic E-state index is 0.000599. The van der Waals surface area contributed by atoms with Gasteiger partial charge in [0.1, 0.15) is 17.7 Å². The maximum Gasteiger partial charge on any atom is 0.306 e. The lowest BCUT2D eigenvalue weighted by Gasteiger charge is -2.30. The Morgan fingerprint density at radius 1 is 1.07 bits per heavy atom. The van der Waals surface area contributed by atoms with Crippen LogP contribution in [0.5, 0.6) is 11.6 Å². The van der Waals surface area contributed by atoms with Crippen LogP contribution in [-0.4, -0.2) is 40.2 Å². The van der Waals surface area contributed by atoms with Gasteiger partial charge in [0.15, 0.2) is 0 Å². The van der Waals surface area contributed by atoms with Crippen molar-refractivity contribution < 1.29 is 23.8 Å². The first-order valence-electron chi connectivity index (χ1n) is 15.3. The molecule has 1 aromatic heterocycles. The molecule has 2 aromatic carbocycles. The highest BCUT2D eigenvalue weighted by molar-refractivity contribution is 5.71. The molecular weight excluding hydrogens is 531 g/mol. The van der Waals surface area contributed by atoms with Crippen molar-refractivity contribution in [3.63, 3.8) is 0 Å². The predicted molar refractivity (Wildman–Crippen MR) is 160 cm³/mol. The number of carboxylic acids is 1. The summed E-state index contributed by atoms with van der Waals surface area (Å²) in [5.41, 5.74) is 5.69. The number of hydrogen-bond donors (Lipinski definition) is 1. The molecular formula is C35H41FN2O4. The van der Waals surface area contributed by atoms with E-state index in [2.05, 4.69) is 54.1 Å². The number of pyridine rings is 1. The maximum absolute atomic E-state index is 15.1. The van der Waals surface area contributed by atoms with Crippen molar-refractivity contribution in [1.82, 2.24) is 9.88 Å². The van der Waals surface area contributed by atoms with Crippen LogP contribution in [0.25, 0.3) is 11.1 Å². The molecule has 1 aliphatic carbocycles. The maximum atomic E-state index is 15.1. The number of fused-ring (bicyclic) bond motifs is 1. The van der Waals surface area contributed by atoms with Crippen LogP contribution in [-0.2, 0) is 17.8 Å². The molecule has 7 heteroatoms. The number of ether oxygens (including phenoxy) is 2. The summed E-state index contributed by atoms with van der Waals surface area (Å²) < 4.78 is 27.1. The average molecular weight is 573 g/mol. The second-order valence-corrected chi connectivity index (χ2v) is 12.6. The Morgan fingerprint density at radius 2 is 1.83 bits per heavy atom. The number of carbonyl (C=O) groups is 1. The number of carboxylic acid groups (broad SMARTS) is 1. The zero-order chi connectivity index (χ0) is 29.5. The fourth-order valence-electron chi connectivity index (χ4n) is 7.11. The first kappa shape index (κ1) is 28.7. The number of nitrogens with zero attached hydrogens (tertiary/aromatic N) is 2. The van der Waals surface area contributed by atoms with E-state index in [1.165, 1.54) is 6.20 Å². The summed E-state index contributed by atoms with van der Waals surface area (Å²) in [7, 11) is 1.54. The van der Waals surface area contributed by atoms with Crippen molar-refractivity contribution in [3.8, 4) is 22.8 Å². The summed E-state index contributed by atoms with van der Waals surface area (Å²) in [6.45, 7) is 7.07. The van der Waals surface area contributed by atoms with E-state index >= 15 is 4.39 Å². The van der Waals surface area contributed by atoms with Gasteiger partial charge in [0, 0.05) is 30.3 Å². The molecule has 3 heterocycles. The summed E-state index contributed by atoms with van der Waals surface area (Å²) in [5.74, 6) is 0.0982. The van der Waals surface area contributed by atoms with Gasteiger partial charge in [-0.15, -0.1) is 0 Å². The molecule has 0 bridgehead atoms. The lowest BCUT2D eigenvalue weighted by atomic mass is 9.82. The molecule has 1 saturated heterocycles. The summed E-state index contributed by atoms with van der Waals surface area (Å²) in [6.07, 6.45) is 7.29. The van der Waals surface area contributed by atoms with Crippen molar-refractivity contribution in [3.05, 3.63) is 76.7 Å². The first-order chi connectivity index (χ1) is 20.2. The van der Waals surface area contributed by atoms with Gasteiger partial charge in [-0.1, -0.05) is 37.3 Å². The third kappa shape index (κ3) is 5.63. The van der Waals surface area contributed by atoms with Crippen LogP contribution in [0, 0.1) is 17.7 Å². The van der Waals surface area contributed by atoms with Gasteiger partial charge in [-0.2, -0.15) is 0 Å². The molecule has 0 amide bonds. The van der Waals surface area contributed by atoms with Crippen molar-refractivity contribution in [1.29, 1.82) is 0 Å². The number of rotatable bonds is 9. The smallest absolute Gasteiger partial charge is 0.306 e. The molecule has 1 N–H and O–H groups in total. The highest BCUT2D eigenvalue weighted by Gasteiger charge is 2.39. The number of aliphatic carboxylic acids is 1. The monoisotopic (exact) mass is 572 g/mol. The lowest BCUT2D eigenvalue weighted by molar-refractivity contribution is -0.142. The molecule has 5 atom stereocenters. The third-order valence-corrected chi connectivity index (χ3v) is 9.80. The van der Waals surface area contributed by atoms with Crippen molar-refractivity contribution in [2.75, 3.05) is 7.11 Å². The number of methoxy groups -OCH3 is 1. The van der Waals surface area contributed by atoms with Crippen molar-refractivity contribution >= 4 is 5.97 Å². The summed E-state index contributed by atoms with van der Waals surface area (Å²) in [5, 5.41) is 9.76. The van der Waals surface area contributed by atoms with Crippen LogP contribution < -0.4 is 9.47 Å². The number of aryl methyl sites for hydroxylation is 1. The molecule has 2 fully saturated rings. The number of aromatic nitrogens is 1. The average Bonchev–Trinajstić information content (AvgIpc) is 3.78. The molecule has 6 rings (SSSR count).